The van der Waals surface area contributed by atoms with Gasteiger partial charge in [0, 0.05) is 12.6 Å². The zero-order chi connectivity index (χ0) is 15.9. The van der Waals surface area contributed by atoms with E-state index in [1.807, 2.05) is 6.92 Å². The number of hydrogen-bond acceptors (Lipinski definition) is 4. The Morgan fingerprint density at radius 2 is 2.10 bits per heavy atom. The lowest BCUT2D eigenvalue weighted by molar-refractivity contribution is -0.144. The van der Waals surface area contributed by atoms with Crippen molar-refractivity contribution < 1.29 is 9.90 Å². The third-order valence-electron chi connectivity index (χ3n) is 4.66. The van der Waals surface area contributed by atoms with E-state index in [1.54, 1.807) is 6.92 Å². The molecule has 2 unspecified atom stereocenters. The SMILES string of the molecule is CCNC(C)(CCCN1CCCN(C)CC1CC)C(=O)O. The van der Waals surface area contributed by atoms with E-state index in [0.29, 0.717) is 19.0 Å². The summed E-state index contributed by atoms with van der Waals surface area (Å²) in [7, 11) is 2.19. The lowest BCUT2D eigenvalue weighted by Crippen LogP contribution is -2.50. The molecule has 1 aliphatic heterocycles. The zero-order valence-electron chi connectivity index (χ0n) is 14.2. The normalized spacial score (nSPS) is 24.5. The second kappa shape index (κ2) is 8.71. The Balaban J connectivity index is 2.50. The van der Waals surface area contributed by atoms with Crippen LogP contribution >= 0.6 is 0 Å². The Hall–Kier alpha value is -0.650. The molecule has 2 atom stereocenters. The number of carbonyl (C=O) groups is 1. The van der Waals surface area contributed by atoms with Crippen molar-refractivity contribution in [3.63, 3.8) is 0 Å². The van der Waals surface area contributed by atoms with E-state index >= 15 is 0 Å². The summed E-state index contributed by atoms with van der Waals surface area (Å²) < 4.78 is 0. The van der Waals surface area contributed by atoms with E-state index < -0.39 is 11.5 Å². The van der Waals surface area contributed by atoms with Gasteiger partial charge in [-0.05, 0) is 65.8 Å². The van der Waals surface area contributed by atoms with E-state index in [1.165, 1.54) is 6.42 Å². The van der Waals surface area contributed by atoms with Crippen LogP contribution in [0.25, 0.3) is 0 Å². The highest BCUT2D eigenvalue weighted by Crippen LogP contribution is 2.17. The van der Waals surface area contributed by atoms with E-state index in [4.69, 9.17) is 0 Å². The van der Waals surface area contributed by atoms with Crippen LogP contribution in [0.2, 0.25) is 0 Å². The number of likely N-dealkylation sites (N-methyl/N-ethyl adjacent to an activating group) is 2. The summed E-state index contributed by atoms with van der Waals surface area (Å²) in [6.07, 6.45) is 3.97. The van der Waals surface area contributed by atoms with Gasteiger partial charge < -0.3 is 15.3 Å². The molecule has 124 valence electrons. The van der Waals surface area contributed by atoms with Crippen LogP contribution in [0.15, 0.2) is 0 Å². The van der Waals surface area contributed by atoms with Gasteiger partial charge in [-0.2, -0.15) is 0 Å². The first-order valence-electron chi connectivity index (χ1n) is 8.34. The molecule has 0 radical (unpaired) electrons. The number of hydrogen-bond donors (Lipinski definition) is 2. The average molecular weight is 299 g/mol. The lowest BCUT2D eigenvalue weighted by atomic mass is 9.95. The Labute approximate surface area is 129 Å². The van der Waals surface area contributed by atoms with Crippen LogP contribution in [0.4, 0.5) is 0 Å². The van der Waals surface area contributed by atoms with Crippen molar-refractivity contribution in [2.24, 2.45) is 0 Å². The fourth-order valence-electron chi connectivity index (χ4n) is 3.27. The fourth-order valence-corrected chi connectivity index (χ4v) is 3.27. The summed E-state index contributed by atoms with van der Waals surface area (Å²) in [6, 6.07) is 0.604. The van der Waals surface area contributed by atoms with E-state index in [-0.39, 0.29) is 0 Å². The highest BCUT2D eigenvalue weighted by Gasteiger charge is 2.32. The Morgan fingerprint density at radius 3 is 2.67 bits per heavy atom. The van der Waals surface area contributed by atoms with Gasteiger partial charge in [-0.25, -0.2) is 0 Å². The van der Waals surface area contributed by atoms with Crippen LogP contribution in [0.1, 0.15) is 46.5 Å². The molecule has 1 saturated heterocycles. The third-order valence-corrected chi connectivity index (χ3v) is 4.66. The maximum absolute atomic E-state index is 11.4. The quantitative estimate of drug-likeness (QED) is 0.713. The van der Waals surface area contributed by atoms with Crippen molar-refractivity contribution in [1.29, 1.82) is 0 Å². The number of carboxylic acid groups (broad SMARTS) is 1. The molecule has 5 heteroatoms. The molecule has 1 rings (SSSR count). The van der Waals surface area contributed by atoms with Crippen LogP contribution in [0, 0.1) is 0 Å². The van der Waals surface area contributed by atoms with Crippen molar-refractivity contribution in [3.8, 4) is 0 Å². The number of nitrogens with one attached hydrogen (secondary N) is 1. The van der Waals surface area contributed by atoms with Crippen LogP contribution in [0.3, 0.4) is 0 Å². The van der Waals surface area contributed by atoms with Crippen molar-refractivity contribution in [3.05, 3.63) is 0 Å². The maximum Gasteiger partial charge on any atom is 0.323 e. The Bertz CT molecular complexity index is 325. The molecular weight excluding hydrogens is 266 g/mol. The molecule has 1 heterocycles. The summed E-state index contributed by atoms with van der Waals surface area (Å²) in [5.74, 6) is -0.744. The van der Waals surface area contributed by atoms with Crippen LogP contribution in [-0.4, -0.2) is 72.2 Å². The third kappa shape index (κ3) is 5.57. The summed E-state index contributed by atoms with van der Waals surface area (Å²) in [5.41, 5.74) is -0.793. The molecule has 21 heavy (non-hydrogen) atoms. The van der Waals surface area contributed by atoms with Gasteiger partial charge in [0.2, 0.25) is 0 Å². The minimum absolute atomic E-state index is 0.604. The topological polar surface area (TPSA) is 55.8 Å². The van der Waals surface area contributed by atoms with Gasteiger partial charge in [0.1, 0.15) is 5.54 Å². The molecule has 5 nitrogen and oxygen atoms in total. The summed E-state index contributed by atoms with van der Waals surface area (Å²) >= 11 is 0. The fraction of sp³-hybridized carbons (Fsp3) is 0.938. The summed E-state index contributed by atoms with van der Waals surface area (Å²) in [4.78, 5) is 16.4. The number of carboxylic acids is 1. The van der Waals surface area contributed by atoms with Crippen molar-refractivity contribution in [1.82, 2.24) is 15.1 Å². The average Bonchev–Trinajstić information content (AvgIpc) is 2.60. The number of rotatable bonds is 8. The van der Waals surface area contributed by atoms with E-state index in [0.717, 1.165) is 39.0 Å². The van der Waals surface area contributed by atoms with Crippen molar-refractivity contribution in [2.75, 3.05) is 39.8 Å². The zero-order valence-corrected chi connectivity index (χ0v) is 14.2. The first kappa shape index (κ1) is 18.4. The molecule has 0 saturated carbocycles. The predicted octanol–water partition coefficient (Wildman–Crippen LogP) is 1.64. The van der Waals surface area contributed by atoms with Crippen LogP contribution < -0.4 is 5.32 Å². The minimum Gasteiger partial charge on any atom is -0.480 e. The highest BCUT2D eigenvalue weighted by atomic mass is 16.4. The molecule has 0 spiro atoms. The minimum atomic E-state index is -0.793. The monoisotopic (exact) mass is 299 g/mol. The molecule has 0 amide bonds. The molecule has 0 aromatic heterocycles. The predicted molar refractivity (Wildman–Crippen MR) is 86.7 cm³/mol. The Morgan fingerprint density at radius 1 is 1.38 bits per heavy atom. The molecule has 1 fully saturated rings. The van der Waals surface area contributed by atoms with Gasteiger partial charge >= 0.3 is 5.97 Å². The van der Waals surface area contributed by atoms with Gasteiger partial charge in [0.25, 0.3) is 0 Å². The van der Waals surface area contributed by atoms with E-state index in [2.05, 4.69) is 29.1 Å². The van der Waals surface area contributed by atoms with Crippen molar-refractivity contribution in [2.45, 2.75) is 58.0 Å². The smallest absolute Gasteiger partial charge is 0.323 e. The molecule has 0 aromatic rings. The molecule has 1 aliphatic rings. The van der Waals surface area contributed by atoms with Gasteiger partial charge in [-0.1, -0.05) is 13.8 Å². The molecule has 0 bridgehead atoms. The molecule has 2 N–H and O–H groups in total. The second-order valence-electron chi connectivity index (χ2n) is 6.48. The van der Waals surface area contributed by atoms with Gasteiger partial charge in [0.15, 0.2) is 0 Å². The number of nitrogens with zero attached hydrogens (tertiary/aromatic N) is 2. The van der Waals surface area contributed by atoms with Crippen molar-refractivity contribution >= 4 is 5.97 Å². The summed E-state index contributed by atoms with van der Waals surface area (Å²) in [5, 5.41) is 12.5. The van der Waals surface area contributed by atoms with E-state index in [9.17, 15) is 9.90 Å². The van der Waals surface area contributed by atoms with Crippen LogP contribution in [-0.2, 0) is 4.79 Å². The maximum atomic E-state index is 11.4. The molecule has 0 aliphatic carbocycles. The van der Waals surface area contributed by atoms with Gasteiger partial charge in [-0.3, -0.25) is 9.69 Å². The molecule has 0 aromatic carbocycles. The Kier molecular flexibility index (Phi) is 7.63. The standard InChI is InChI=1S/C16H33N3O2/c1-5-14-13-18(4)10-8-12-19(14)11-7-9-16(3,15(20)21)17-6-2/h14,17H,5-13H2,1-4H3,(H,20,21). The summed E-state index contributed by atoms with van der Waals surface area (Å²) in [6.45, 7) is 11.1. The van der Waals surface area contributed by atoms with Gasteiger partial charge in [-0.15, -0.1) is 0 Å². The largest absolute Gasteiger partial charge is 0.480 e. The number of aliphatic carboxylic acids is 1. The first-order valence-corrected chi connectivity index (χ1v) is 8.34. The first-order chi connectivity index (χ1) is 9.92. The lowest BCUT2D eigenvalue weighted by Gasteiger charge is -2.32. The van der Waals surface area contributed by atoms with Crippen LogP contribution in [0.5, 0.6) is 0 Å². The highest BCUT2D eigenvalue weighted by molar-refractivity contribution is 5.78. The molecular formula is C16H33N3O2. The second-order valence-corrected chi connectivity index (χ2v) is 6.48. The van der Waals surface area contributed by atoms with Gasteiger partial charge in [0.05, 0.1) is 0 Å².